The molecule has 3 rings (SSSR count). The van der Waals surface area contributed by atoms with Gasteiger partial charge in [0.15, 0.2) is 5.76 Å². The summed E-state index contributed by atoms with van der Waals surface area (Å²) in [5.41, 5.74) is 0. The first-order valence-electron chi connectivity index (χ1n) is 7.63. The lowest BCUT2D eigenvalue weighted by Crippen LogP contribution is -2.48. The van der Waals surface area contributed by atoms with Crippen molar-refractivity contribution in [2.24, 2.45) is 5.92 Å². The summed E-state index contributed by atoms with van der Waals surface area (Å²) in [5.74, 6) is -0.000895. The number of carbonyl (C=O) groups excluding carboxylic acids is 2. The van der Waals surface area contributed by atoms with Crippen molar-refractivity contribution in [2.45, 2.75) is 31.3 Å². The first-order valence-corrected chi connectivity index (χ1v) is 7.63. The number of rotatable bonds is 4. The number of nitrogens with one attached hydrogen (secondary N) is 1. The van der Waals surface area contributed by atoms with Crippen molar-refractivity contribution < 1.29 is 19.1 Å². The topological polar surface area (TPSA) is 82.8 Å². The Morgan fingerprint density at radius 3 is 2.95 bits per heavy atom. The zero-order valence-corrected chi connectivity index (χ0v) is 12.3. The average molecular weight is 304 g/mol. The summed E-state index contributed by atoms with van der Waals surface area (Å²) < 4.78 is 5.14. The molecule has 6 heteroatoms. The first-order chi connectivity index (χ1) is 10.7. The van der Waals surface area contributed by atoms with E-state index < -0.39 is 6.04 Å². The fourth-order valence-corrected chi connectivity index (χ4v) is 3.12. The van der Waals surface area contributed by atoms with E-state index in [2.05, 4.69) is 5.32 Å². The van der Waals surface area contributed by atoms with Gasteiger partial charge in [0.05, 0.1) is 6.26 Å². The quantitative estimate of drug-likeness (QED) is 0.811. The second-order valence-corrected chi connectivity index (χ2v) is 5.81. The van der Waals surface area contributed by atoms with Gasteiger partial charge in [-0.1, -0.05) is 12.2 Å². The van der Waals surface area contributed by atoms with Gasteiger partial charge < -0.3 is 19.7 Å². The van der Waals surface area contributed by atoms with Crippen molar-refractivity contribution in [1.29, 1.82) is 0 Å². The number of nitrogens with zero attached hydrogens (tertiary/aromatic N) is 1. The van der Waals surface area contributed by atoms with E-state index in [-0.39, 0.29) is 36.1 Å². The summed E-state index contributed by atoms with van der Waals surface area (Å²) in [6.07, 6.45) is 7.47. The molecule has 22 heavy (non-hydrogen) atoms. The molecule has 2 heterocycles. The Labute approximate surface area is 128 Å². The number of furan rings is 1. The van der Waals surface area contributed by atoms with Crippen LogP contribution >= 0.6 is 0 Å². The van der Waals surface area contributed by atoms with E-state index in [0.29, 0.717) is 19.4 Å². The third kappa shape index (κ3) is 2.92. The van der Waals surface area contributed by atoms with Crippen molar-refractivity contribution in [3.8, 4) is 0 Å². The lowest BCUT2D eigenvalue weighted by Gasteiger charge is -2.24. The number of amides is 2. The van der Waals surface area contributed by atoms with Crippen LogP contribution in [0, 0.1) is 5.92 Å². The predicted molar refractivity (Wildman–Crippen MR) is 79.0 cm³/mol. The number of hydrogen-bond donors (Lipinski definition) is 2. The van der Waals surface area contributed by atoms with Crippen LogP contribution in [0.15, 0.2) is 35.0 Å². The van der Waals surface area contributed by atoms with E-state index >= 15 is 0 Å². The maximum absolute atomic E-state index is 12.4. The molecule has 1 saturated heterocycles. The molecule has 0 aromatic carbocycles. The molecule has 1 aromatic rings. The van der Waals surface area contributed by atoms with Crippen molar-refractivity contribution >= 4 is 11.8 Å². The maximum Gasteiger partial charge on any atom is 0.290 e. The molecule has 0 bridgehead atoms. The molecule has 0 radical (unpaired) electrons. The Balaban J connectivity index is 1.62. The van der Waals surface area contributed by atoms with Gasteiger partial charge in [0, 0.05) is 25.1 Å². The molecule has 118 valence electrons. The Hall–Kier alpha value is -2.08. The summed E-state index contributed by atoms with van der Waals surface area (Å²) >= 11 is 0. The SMILES string of the molecule is O=C(N[C@@H]1C=C[C@H](CO)C1)C1CCCN1C(=O)c1ccco1. The van der Waals surface area contributed by atoms with Crippen LogP contribution in [-0.4, -0.2) is 47.1 Å². The van der Waals surface area contributed by atoms with Crippen LogP contribution in [0.2, 0.25) is 0 Å². The summed E-state index contributed by atoms with van der Waals surface area (Å²) in [5, 5.41) is 12.1. The molecule has 2 aliphatic rings. The summed E-state index contributed by atoms with van der Waals surface area (Å²) in [6, 6.07) is 2.77. The van der Waals surface area contributed by atoms with Gasteiger partial charge in [-0.25, -0.2) is 0 Å². The Morgan fingerprint density at radius 2 is 2.27 bits per heavy atom. The van der Waals surface area contributed by atoms with Crippen LogP contribution in [0.4, 0.5) is 0 Å². The monoisotopic (exact) mass is 304 g/mol. The standard InChI is InChI=1S/C16H20N2O4/c19-10-11-5-6-12(9-11)17-15(20)13-3-1-7-18(13)16(21)14-4-2-8-22-14/h2,4-6,8,11-13,19H,1,3,7,9-10H2,(H,17,20)/t11-,12+,13?/m0/s1. The van der Waals surface area contributed by atoms with E-state index in [4.69, 9.17) is 9.52 Å². The van der Waals surface area contributed by atoms with Gasteiger partial charge in [-0.3, -0.25) is 9.59 Å². The van der Waals surface area contributed by atoms with Crippen LogP contribution in [0.3, 0.4) is 0 Å². The van der Waals surface area contributed by atoms with Gasteiger partial charge in [-0.15, -0.1) is 0 Å². The fourth-order valence-electron chi connectivity index (χ4n) is 3.12. The Morgan fingerprint density at radius 1 is 1.41 bits per heavy atom. The summed E-state index contributed by atoms with van der Waals surface area (Å²) in [6.45, 7) is 0.660. The van der Waals surface area contributed by atoms with Crippen molar-refractivity contribution in [3.63, 3.8) is 0 Å². The zero-order chi connectivity index (χ0) is 15.5. The maximum atomic E-state index is 12.4. The van der Waals surface area contributed by atoms with Gasteiger partial charge in [0.2, 0.25) is 5.91 Å². The van der Waals surface area contributed by atoms with E-state index in [0.717, 1.165) is 6.42 Å². The number of likely N-dealkylation sites (tertiary alicyclic amines) is 1. The highest BCUT2D eigenvalue weighted by atomic mass is 16.3. The summed E-state index contributed by atoms with van der Waals surface area (Å²) in [7, 11) is 0. The molecular formula is C16H20N2O4. The van der Waals surface area contributed by atoms with Crippen molar-refractivity contribution in [2.75, 3.05) is 13.2 Å². The highest BCUT2D eigenvalue weighted by Gasteiger charge is 2.36. The molecule has 0 saturated carbocycles. The van der Waals surface area contributed by atoms with Gasteiger partial charge in [-0.2, -0.15) is 0 Å². The van der Waals surface area contributed by atoms with Crippen LogP contribution in [0.1, 0.15) is 29.8 Å². The molecule has 1 aliphatic carbocycles. The number of aliphatic hydroxyl groups excluding tert-OH is 1. The largest absolute Gasteiger partial charge is 0.459 e. The fraction of sp³-hybridized carbons (Fsp3) is 0.500. The van der Waals surface area contributed by atoms with Crippen LogP contribution in [0.5, 0.6) is 0 Å². The molecule has 2 N–H and O–H groups in total. The van der Waals surface area contributed by atoms with Crippen LogP contribution < -0.4 is 5.32 Å². The van der Waals surface area contributed by atoms with Crippen molar-refractivity contribution in [1.82, 2.24) is 10.2 Å². The van der Waals surface area contributed by atoms with E-state index in [1.807, 2.05) is 12.2 Å². The minimum Gasteiger partial charge on any atom is -0.459 e. The lowest BCUT2D eigenvalue weighted by atomic mass is 10.1. The molecule has 1 aliphatic heterocycles. The first kappa shape index (κ1) is 14.8. The Bertz CT molecular complexity index is 567. The molecule has 0 spiro atoms. The second kappa shape index (κ2) is 6.36. The molecule has 6 nitrogen and oxygen atoms in total. The normalized spacial score (nSPS) is 27.3. The molecule has 3 atom stereocenters. The molecule has 2 amide bonds. The van der Waals surface area contributed by atoms with Gasteiger partial charge in [0.25, 0.3) is 5.91 Å². The van der Waals surface area contributed by atoms with Crippen LogP contribution in [0.25, 0.3) is 0 Å². The third-order valence-corrected chi connectivity index (χ3v) is 4.28. The number of aliphatic hydroxyl groups is 1. The zero-order valence-electron chi connectivity index (χ0n) is 12.3. The van der Waals surface area contributed by atoms with Crippen LogP contribution in [-0.2, 0) is 4.79 Å². The number of carbonyl (C=O) groups is 2. The molecular weight excluding hydrogens is 284 g/mol. The smallest absolute Gasteiger partial charge is 0.290 e. The number of hydrogen-bond acceptors (Lipinski definition) is 4. The van der Waals surface area contributed by atoms with E-state index in [1.54, 1.807) is 17.0 Å². The minimum atomic E-state index is -0.445. The minimum absolute atomic E-state index is 0.0641. The van der Waals surface area contributed by atoms with E-state index in [1.165, 1.54) is 6.26 Å². The molecule has 1 fully saturated rings. The van der Waals surface area contributed by atoms with Gasteiger partial charge >= 0.3 is 0 Å². The second-order valence-electron chi connectivity index (χ2n) is 5.81. The summed E-state index contributed by atoms with van der Waals surface area (Å²) in [4.78, 5) is 26.4. The van der Waals surface area contributed by atoms with Gasteiger partial charge in [-0.05, 0) is 31.4 Å². The lowest BCUT2D eigenvalue weighted by molar-refractivity contribution is -0.125. The van der Waals surface area contributed by atoms with E-state index in [9.17, 15) is 9.59 Å². The Kier molecular flexibility index (Phi) is 4.29. The molecule has 1 unspecified atom stereocenters. The highest BCUT2D eigenvalue weighted by Crippen LogP contribution is 2.22. The predicted octanol–water partition coefficient (Wildman–Crippen LogP) is 0.937. The van der Waals surface area contributed by atoms with Gasteiger partial charge in [0.1, 0.15) is 6.04 Å². The third-order valence-electron chi connectivity index (χ3n) is 4.28. The molecule has 1 aromatic heterocycles. The average Bonchev–Trinajstić information content (AvgIpc) is 3.26. The van der Waals surface area contributed by atoms with Crippen molar-refractivity contribution in [3.05, 3.63) is 36.3 Å². The highest BCUT2D eigenvalue weighted by molar-refractivity contribution is 5.96.